The number of rotatable bonds is 2. The highest BCUT2D eigenvalue weighted by Crippen LogP contribution is 2.42. The summed E-state index contributed by atoms with van der Waals surface area (Å²) in [6.07, 6.45) is 9.55. The highest BCUT2D eigenvalue weighted by Gasteiger charge is 2.50. The van der Waals surface area contributed by atoms with Gasteiger partial charge in [-0.05, 0) is 44.2 Å². The first-order chi connectivity index (χ1) is 11.6. The van der Waals surface area contributed by atoms with E-state index in [0.29, 0.717) is 30.7 Å². The quantitative estimate of drug-likeness (QED) is 0.836. The summed E-state index contributed by atoms with van der Waals surface area (Å²) in [5, 5.41) is 0. The van der Waals surface area contributed by atoms with Crippen LogP contribution in [0.2, 0.25) is 0 Å². The maximum Gasteiger partial charge on any atom is 0.270 e. The van der Waals surface area contributed by atoms with Gasteiger partial charge < -0.3 is 14.4 Å². The van der Waals surface area contributed by atoms with Gasteiger partial charge in [0, 0.05) is 38.9 Å². The third-order valence-corrected chi connectivity index (χ3v) is 6.34. The van der Waals surface area contributed by atoms with Crippen LogP contribution < -0.4 is 0 Å². The van der Waals surface area contributed by atoms with E-state index in [9.17, 15) is 9.59 Å². The maximum absolute atomic E-state index is 13.2. The Balaban J connectivity index is 1.51. The standard InChI is InChI=1S/C19H27N3O2/c1-20-11-4-8-16(20)17(23)21-13-10-19(14-21)9-5-12-22(18(19)24)15-6-2-3-7-15/h4,8,11,15H,2-3,5-7,9-10,12-14H2,1H3/t19-/m1/s1. The fraction of sp³-hybridized carbons (Fsp3) is 0.684. The zero-order chi connectivity index (χ0) is 16.7. The van der Waals surface area contributed by atoms with E-state index >= 15 is 0 Å². The molecule has 1 saturated carbocycles. The number of aromatic nitrogens is 1. The van der Waals surface area contributed by atoms with Crippen molar-refractivity contribution in [1.82, 2.24) is 14.4 Å². The Bertz CT molecular complexity index is 647. The maximum atomic E-state index is 13.2. The molecule has 3 aliphatic rings. The number of likely N-dealkylation sites (tertiary alicyclic amines) is 2. The van der Waals surface area contributed by atoms with E-state index in [4.69, 9.17) is 0 Å². The Morgan fingerprint density at radius 2 is 1.96 bits per heavy atom. The molecule has 0 bridgehead atoms. The summed E-state index contributed by atoms with van der Waals surface area (Å²) in [6, 6.07) is 4.21. The van der Waals surface area contributed by atoms with E-state index in [-0.39, 0.29) is 11.3 Å². The third kappa shape index (κ3) is 2.45. The molecule has 0 radical (unpaired) electrons. The molecule has 1 aliphatic carbocycles. The van der Waals surface area contributed by atoms with Crippen LogP contribution in [0.3, 0.4) is 0 Å². The van der Waals surface area contributed by atoms with Crippen LogP contribution in [-0.4, -0.2) is 51.9 Å². The van der Waals surface area contributed by atoms with Crippen LogP contribution in [-0.2, 0) is 11.8 Å². The molecule has 1 aromatic heterocycles. The van der Waals surface area contributed by atoms with Gasteiger partial charge >= 0.3 is 0 Å². The molecule has 4 rings (SSSR count). The van der Waals surface area contributed by atoms with Gasteiger partial charge in [0.15, 0.2) is 0 Å². The summed E-state index contributed by atoms with van der Waals surface area (Å²) in [5.41, 5.74) is 0.393. The molecule has 3 heterocycles. The molecular weight excluding hydrogens is 302 g/mol. The Hall–Kier alpha value is -1.78. The van der Waals surface area contributed by atoms with Crippen molar-refractivity contribution >= 4 is 11.8 Å². The monoisotopic (exact) mass is 329 g/mol. The van der Waals surface area contributed by atoms with Crippen molar-refractivity contribution in [2.24, 2.45) is 12.5 Å². The molecule has 0 aromatic carbocycles. The summed E-state index contributed by atoms with van der Waals surface area (Å²) in [5.74, 6) is 0.382. The average molecular weight is 329 g/mol. The van der Waals surface area contributed by atoms with Gasteiger partial charge in [0.2, 0.25) is 5.91 Å². The van der Waals surface area contributed by atoms with Crippen LogP contribution in [0.1, 0.15) is 55.4 Å². The lowest BCUT2D eigenvalue weighted by Gasteiger charge is -2.42. The predicted molar refractivity (Wildman–Crippen MR) is 91.6 cm³/mol. The second-order valence-corrected chi connectivity index (χ2v) is 7.80. The second kappa shape index (κ2) is 5.94. The Morgan fingerprint density at radius 1 is 1.17 bits per heavy atom. The average Bonchev–Trinajstić information content (AvgIpc) is 3.31. The van der Waals surface area contributed by atoms with Crippen molar-refractivity contribution in [3.05, 3.63) is 24.0 Å². The van der Waals surface area contributed by atoms with E-state index in [0.717, 1.165) is 38.6 Å². The first-order valence-electron chi connectivity index (χ1n) is 9.32. The molecule has 2 amide bonds. The molecule has 5 heteroatoms. The van der Waals surface area contributed by atoms with Crippen LogP contribution in [0.25, 0.3) is 0 Å². The lowest BCUT2D eigenvalue weighted by molar-refractivity contribution is -0.148. The summed E-state index contributed by atoms with van der Waals surface area (Å²) < 4.78 is 1.86. The van der Waals surface area contributed by atoms with Gasteiger partial charge in [-0.3, -0.25) is 9.59 Å². The van der Waals surface area contributed by atoms with E-state index in [2.05, 4.69) is 4.90 Å². The number of hydrogen-bond donors (Lipinski definition) is 0. The molecule has 2 aliphatic heterocycles. The van der Waals surface area contributed by atoms with Crippen LogP contribution in [0, 0.1) is 5.41 Å². The normalized spacial score (nSPS) is 28.3. The zero-order valence-corrected chi connectivity index (χ0v) is 14.5. The van der Waals surface area contributed by atoms with Gasteiger partial charge in [-0.15, -0.1) is 0 Å². The Kier molecular flexibility index (Phi) is 3.89. The molecule has 0 N–H and O–H groups in total. The second-order valence-electron chi connectivity index (χ2n) is 7.80. The number of piperidine rings is 1. The molecule has 24 heavy (non-hydrogen) atoms. The largest absolute Gasteiger partial charge is 0.347 e. The lowest BCUT2D eigenvalue weighted by Crippen LogP contribution is -2.53. The minimum Gasteiger partial charge on any atom is -0.347 e. The third-order valence-electron chi connectivity index (χ3n) is 6.34. The van der Waals surface area contributed by atoms with Gasteiger partial charge in [-0.1, -0.05) is 12.8 Å². The van der Waals surface area contributed by atoms with E-state index in [1.807, 2.05) is 34.8 Å². The van der Waals surface area contributed by atoms with Gasteiger partial charge in [-0.2, -0.15) is 0 Å². The highest BCUT2D eigenvalue weighted by molar-refractivity contribution is 5.94. The van der Waals surface area contributed by atoms with Gasteiger partial charge in [0.1, 0.15) is 5.69 Å². The van der Waals surface area contributed by atoms with Gasteiger partial charge in [0.05, 0.1) is 5.41 Å². The fourth-order valence-corrected chi connectivity index (χ4v) is 4.93. The topological polar surface area (TPSA) is 45.6 Å². The van der Waals surface area contributed by atoms with Gasteiger partial charge in [0.25, 0.3) is 5.91 Å². The van der Waals surface area contributed by atoms with Crippen molar-refractivity contribution < 1.29 is 9.59 Å². The van der Waals surface area contributed by atoms with Crippen molar-refractivity contribution in [3.63, 3.8) is 0 Å². The van der Waals surface area contributed by atoms with Crippen molar-refractivity contribution in [1.29, 1.82) is 0 Å². The van der Waals surface area contributed by atoms with Crippen LogP contribution in [0.15, 0.2) is 18.3 Å². The highest BCUT2D eigenvalue weighted by atomic mass is 16.2. The first kappa shape index (κ1) is 15.7. The smallest absolute Gasteiger partial charge is 0.270 e. The zero-order valence-electron chi connectivity index (χ0n) is 14.5. The Morgan fingerprint density at radius 3 is 2.67 bits per heavy atom. The number of nitrogens with zero attached hydrogens (tertiary/aromatic N) is 3. The SMILES string of the molecule is Cn1cccc1C(=O)N1CC[C@]2(CCCN(C3CCCC3)C2=O)C1. The van der Waals surface area contributed by atoms with Crippen LogP contribution in [0.4, 0.5) is 0 Å². The Labute approximate surface area is 143 Å². The number of hydrogen-bond acceptors (Lipinski definition) is 2. The lowest BCUT2D eigenvalue weighted by atomic mass is 9.77. The fourth-order valence-electron chi connectivity index (χ4n) is 4.93. The number of aryl methyl sites for hydroxylation is 1. The molecule has 1 atom stereocenters. The summed E-state index contributed by atoms with van der Waals surface area (Å²) >= 11 is 0. The molecule has 5 nitrogen and oxygen atoms in total. The van der Waals surface area contributed by atoms with Crippen LogP contribution in [0.5, 0.6) is 0 Å². The minimum atomic E-state index is -0.318. The molecule has 0 unspecified atom stereocenters. The van der Waals surface area contributed by atoms with Crippen molar-refractivity contribution in [2.75, 3.05) is 19.6 Å². The molecular formula is C19H27N3O2. The van der Waals surface area contributed by atoms with Gasteiger partial charge in [-0.25, -0.2) is 0 Å². The predicted octanol–water partition coefficient (Wildman–Crippen LogP) is 2.42. The van der Waals surface area contributed by atoms with Crippen molar-refractivity contribution in [3.8, 4) is 0 Å². The van der Waals surface area contributed by atoms with Crippen LogP contribution >= 0.6 is 0 Å². The molecule has 2 saturated heterocycles. The van der Waals surface area contributed by atoms with Crippen molar-refractivity contribution in [2.45, 2.75) is 51.0 Å². The molecule has 1 aromatic rings. The van der Waals surface area contributed by atoms with E-state index < -0.39 is 0 Å². The van der Waals surface area contributed by atoms with E-state index in [1.54, 1.807) is 0 Å². The molecule has 1 spiro atoms. The molecule has 130 valence electrons. The summed E-state index contributed by atoms with van der Waals surface area (Å²) in [7, 11) is 1.90. The van der Waals surface area contributed by atoms with E-state index in [1.165, 1.54) is 12.8 Å². The molecule has 3 fully saturated rings. The summed E-state index contributed by atoms with van der Waals surface area (Å²) in [4.78, 5) is 30.1. The minimum absolute atomic E-state index is 0.0603. The number of carbonyl (C=O) groups is 2. The first-order valence-corrected chi connectivity index (χ1v) is 9.32. The summed E-state index contributed by atoms with van der Waals surface area (Å²) in [6.45, 7) is 2.21. The number of carbonyl (C=O) groups excluding carboxylic acids is 2. The number of amides is 2.